The summed E-state index contributed by atoms with van der Waals surface area (Å²) in [5, 5.41) is 32.0. The zero-order valence-electron chi connectivity index (χ0n) is 25.2. The van der Waals surface area contributed by atoms with Gasteiger partial charge in [0.2, 0.25) is 0 Å². The van der Waals surface area contributed by atoms with Crippen LogP contribution < -0.4 is 5.32 Å². The molecule has 1 aromatic carbocycles. The third-order valence-corrected chi connectivity index (χ3v) is 6.28. The van der Waals surface area contributed by atoms with E-state index in [-0.39, 0.29) is 25.4 Å². The standard InChI is InChI=1S/C29H46N4O9/c1-19(2)40-26-24(34)25(35)29(41-20(3)4)42-27(26)28(36)30-10-12-37-14-16-39-17-15-38-13-11-33-18-23(31-32-33)22-8-6-21(5)7-9-22/h6-9,18-20,24-27,29,34-35H,10-17H2,1-5H3,(H,30,36)/t24-,25+,26+,27?,29-/m1/s1. The third kappa shape index (κ3) is 11.0. The van der Waals surface area contributed by atoms with Crippen molar-refractivity contribution in [3.63, 3.8) is 0 Å². The molecule has 1 aromatic heterocycles. The van der Waals surface area contributed by atoms with Crippen molar-refractivity contribution >= 4 is 5.91 Å². The topological polar surface area (TPSA) is 156 Å². The van der Waals surface area contributed by atoms with Gasteiger partial charge in [0.05, 0.1) is 64.6 Å². The maximum Gasteiger partial charge on any atom is 0.252 e. The molecule has 13 nitrogen and oxygen atoms in total. The predicted octanol–water partition coefficient (Wildman–Crippen LogP) is 1.08. The van der Waals surface area contributed by atoms with Crippen molar-refractivity contribution in [3.05, 3.63) is 36.0 Å². The van der Waals surface area contributed by atoms with Crippen LogP contribution in [-0.2, 0) is 39.8 Å². The van der Waals surface area contributed by atoms with E-state index < -0.39 is 36.6 Å². The second-order valence-corrected chi connectivity index (χ2v) is 10.6. The molecule has 42 heavy (non-hydrogen) atoms. The van der Waals surface area contributed by atoms with Crippen molar-refractivity contribution in [3.8, 4) is 11.3 Å². The molecule has 0 saturated carbocycles. The summed E-state index contributed by atoms with van der Waals surface area (Å²) in [7, 11) is 0. The molecule has 0 bridgehead atoms. The number of aliphatic hydroxyl groups excluding tert-OH is 2. The Hall–Kier alpha value is -2.49. The summed E-state index contributed by atoms with van der Waals surface area (Å²) in [4.78, 5) is 12.8. The van der Waals surface area contributed by atoms with Crippen LogP contribution in [0.3, 0.4) is 0 Å². The van der Waals surface area contributed by atoms with Crippen LogP contribution in [0.5, 0.6) is 0 Å². The number of benzene rings is 1. The van der Waals surface area contributed by atoms with Crippen molar-refractivity contribution in [2.24, 2.45) is 0 Å². The lowest BCUT2D eigenvalue weighted by Crippen LogP contribution is -2.63. The Morgan fingerprint density at radius 1 is 0.929 bits per heavy atom. The number of aromatic nitrogens is 3. The van der Waals surface area contributed by atoms with E-state index in [0.29, 0.717) is 39.6 Å². The van der Waals surface area contributed by atoms with Crippen LogP contribution in [0.4, 0.5) is 0 Å². The summed E-state index contributed by atoms with van der Waals surface area (Å²) in [5.41, 5.74) is 3.05. The van der Waals surface area contributed by atoms with Gasteiger partial charge in [0.1, 0.15) is 24.0 Å². The molecule has 2 heterocycles. The maximum absolute atomic E-state index is 12.8. The van der Waals surface area contributed by atoms with Crippen molar-refractivity contribution in [2.45, 2.75) is 84.1 Å². The molecule has 3 rings (SSSR count). The second-order valence-electron chi connectivity index (χ2n) is 10.6. The molecule has 0 radical (unpaired) electrons. The lowest BCUT2D eigenvalue weighted by Gasteiger charge is -2.42. The second kappa shape index (κ2) is 17.6. The van der Waals surface area contributed by atoms with Gasteiger partial charge >= 0.3 is 0 Å². The minimum absolute atomic E-state index is 0.221. The van der Waals surface area contributed by atoms with Gasteiger partial charge in [-0.1, -0.05) is 35.0 Å². The molecule has 5 atom stereocenters. The number of carbonyl (C=O) groups is 1. The first-order valence-corrected chi connectivity index (χ1v) is 14.5. The number of rotatable bonds is 18. The van der Waals surface area contributed by atoms with Crippen LogP contribution >= 0.6 is 0 Å². The molecule has 2 aromatic rings. The molecule has 13 heteroatoms. The van der Waals surface area contributed by atoms with Crippen LogP contribution in [0.2, 0.25) is 0 Å². The Morgan fingerprint density at radius 3 is 2.19 bits per heavy atom. The van der Waals surface area contributed by atoms with Crippen LogP contribution in [0.1, 0.15) is 33.3 Å². The van der Waals surface area contributed by atoms with E-state index in [4.69, 9.17) is 28.4 Å². The highest BCUT2D eigenvalue weighted by atomic mass is 16.7. The maximum atomic E-state index is 12.8. The van der Waals surface area contributed by atoms with Crippen LogP contribution in [0.25, 0.3) is 11.3 Å². The normalized spacial score (nSPS) is 22.6. The molecule has 3 N–H and O–H groups in total. The number of nitrogens with zero attached hydrogens (tertiary/aromatic N) is 3. The van der Waals surface area contributed by atoms with E-state index in [1.54, 1.807) is 32.4 Å². The van der Waals surface area contributed by atoms with Crippen molar-refractivity contribution in [1.29, 1.82) is 0 Å². The van der Waals surface area contributed by atoms with Gasteiger partial charge < -0.3 is 44.0 Å². The summed E-state index contributed by atoms with van der Waals surface area (Å²) >= 11 is 0. The van der Waals surface area contributed by atoms with E-state index in [9.17, 15) is 15.0 Å². The Balaban J connectivity index is 1.23. The molecular weight excluding hydrogens is 548 g/mol. The number of hydrogen-bond acceptors (Lipinski definition) is 11. The van der Waals surface area contributed by atoms with Gasteiger partial charge in [-0.05, 0) is 34.6 Å². The molecule has 1 aliphatic heterocycles. The van der Waals surface area contributed by atoms with Crippen molar-refractivity contribution in [1.82, 2.24) is 20.3 Å². The lowest BCUT2D eigenvalue weighted by atomic mass is 9.97. The highest BCUT2D eigenvalue weighted by Gasteiger charge is 2.49. The highest BCUT2D eigenvalue weighted by molar-refractivity contribution is 5.81. The number of aliphatic hydroxyl groups is 2. The molecule has 236 valence electrons. The van der Waals surface area contributed by atoms with E-state index in [1.807, 2.05) is 37.4 Å². The molecule has 1 fully saturated rings. The van der Waals surface area contributed by atoms with E-state index >= 15 is 0 Å². The zero-order valence-corrected chi connectivity index (χ0v) is 25.2. The number of aryl methyl sites for hydroxylation is 1. The first kappa shape index (κ1) is 34.0. The molecule has 1 amide bonds. The fourth-order valence-electron chi connectivity index (χ4n) is 4.21. The predicted molar refractivity (Wildman–Crippen MR) is 153 cm³/mol. The van der Waals surface area contributed by atoms with Gasteiger partial charge in [-0.3, -0.25) is 4.79 Å². The quantitative estimate of drug-likeness (QED) is 0.212. The Bertz CT molecular complexity index is 1050. The molecule has 1 aliphatic rings. The van der Waals surface area contributed by atoms with Crippen LogP contribution in [0.15, 0.2) is 30.5 Å². The van der Waals surface area contributed by atoms with Gasteiger partial charge in [-0.15, -0.1) is 5.10 Å². The van der Waals surface area contributed by atoms with Crippen LogP contribution in [0, 0.1) is 6.92 Å². The molecular formula is C29H46N4O9. The summed E-state index contributed by atoms with van der Waals surface area (Å²) in [5.74, 6) is -0.488. The highest BCUT2D eigenvalue weighted by Crippen LogP contribution is 2.26. The number of nitrogens with one attached hydrogen (secondary N) is 1. The SMILES string of the molecule is Cc1ccc(-c2cn(CCOCCOCCOCCNC(=O)C3O[C@@H](OC(C)C)[C@@H](O)[C@@H](O)[C@@H]3OC(C)C)nn2)cc1. The van der Waals surface area contributed by atoms with Gasteiger partial charge in [-0.2, -0.15) is 0 Å². The van der Waals surface area contributed by atoms with Crippen molar-refractivity contribution < 1.29 is 43.4 Å². The minimum atomic E-state index is -1.35. The molecule has 0 spiro atoms. The van der Waals surface area contributed by atoms with Gasteiger partial charge in [-0.25, -0.2) is 4.68 Å². The van der Waals surface area contributed by atoms with Crippen LogP contribution in [-0.4, -0.2) is 120 Å². The first-order valence-electron chi connectivity index (χ1n) is 14.5. The average Bonchev–Trinajstić information content (AvgIpc) is 3.42. The summed E-state index contributed by atoms with van der Waals surface area (Å²) in [6.07, 6.45) is -4.72. The Kier molecular flexibility index (Phi) is 14.2. The number of amides is 1. The fraction of sp³-hybridized carbons (Fsp3) is 0.690. The van der Waals surface area contributed by atoms with Gasteiger partial charge in [0.25, 0.3) is 5.91 Å². The third-order valence-electron chi connectivity index (χ3n) is 6.28. The Morgan fingerprint density at radius 2 is 1.55 bits per heavy atom. The molecule has 1 unspecified atom stereocenters. The summed E-state index contributed by atoms with van der Waals surface area (Å²) < 4.78 is 35.3. The summed E-state index contributed by atoms with van der Waals surface area (Å²) in [6, 6.07) is 8.15. The van der Waals surface area contributed by atoms with E-state index in [0.717, 1.165) is 11.3 Å². The van der Waals surface area contributed by atoms with E-state index in [2.05, 4.69) is 15.6 Å². The number of ether oxygens (including phenoxy) is 6. The first-order chi connectivity index (χ1) is 20.2. The monoisotopic (exact) mass is 594 g/mol. The molecule has 1 saturated heterocycles. The number of hydrogen-bond donors (Lipinski definition) is 3. The smallest absolute Gasteiger partial charge is 0.252 e. The van der Waals surface area contributed by atoms with Gasteiger partial charge in [0.15, 0.2) is 12.4 Å². The summed E-state index contributed by atoms with van der Waals surface area (Å²) in [6.45, 7) is 12.3. The zero-order chi connectivity index (χ0) is 30.5. The van der Waals surface area contributed by atoms with Gasteiger partial charge in [0, 0.05) is 12.1 Å². The fourth-order valence-corrected chi connectivity index (χ4v) is 4.21. The average molecular weight is 595 g/mol. The van der Waals surface area contributed by atoms with E-state index in [1.165, 1.54) is 5.56 Å². The largest absolute Gasteiger partial charge is 0.387 e. The Labute approximate surface area is 247 Å². The lowest BCUT2D eigenvalue weighted by molar-refractivity contribution is -0.307. The molecule has 0 aliphatic carbocycles. The number of carbonyl (C=O) groups excluding carboxylic acids is 1. The minimum Gasteiger partial charge on any atom is -0.387 e. The van der Waals surface area contributed by atoms with Crippen molar-refractivity contribution in [2.75, 3.05) is 46.2 Å².